The minimum absolute atomic E-state index is 0.179. The van der Waals surface area contributed by atoms with Crippen LogP contribution in [0.2, 0.25) is 5.02 Å². The maximum atomic E-state index is 11.6. The number of hydrogen-bond acceptors (Lipinski definition) is 2. The van der Waals surface area contributed by atoms with Crippen molar-refractivity contribution in [3.05, 3.63) is 38.9 Å². The third kappa shape index (κ3) is 1.30. The summed E-state index contributed by atoms with van der Waals surface area (Å²) >= 11 is 6.02. The minimum atomic E-state index is -0.179. The predicted molar refractivity (Wildman–Crippen MR) is 56.8 cm³/mol. The zero-order valence-electron chi connectivity index (χ0n) is 7.89. The van der Waals surface area contributed by atoms with Gasteiger partial charge < -0.3 is 4.98 Å². The van der Waals surface area contributed by atoms with Gasteiger partial charge in [0.15, 0.2) is 0 Å². The van der Waals surface area contributed by atoms with E-state index in [1.807, 2.05) is 13.0 Å². The van der Waals surface area contributed by atoms with Crippen molar-refractivity contribution in [2.24, 2.45) is 0 Å². The molecule has 3 nitrogen and oxygen atoms in total. The number of fused-ring (bicyclic) bond motifs is 1. The first kappa shape index (κ1) is 9.21. The van der Waals surface area contributed by atoms with Crippen molar-refractivity contribution in [3.63, 3.8) is 0 Å². The normalized spacial score (nSPS) is 10.8. The molecule has 0 fully saturated rings. The lowest BCUT2D eigenvalue weighted by Crippen LogP contribution is -2.10. The number of nitrogens with zero attached hydrogens (tertiary/aromatic N) is 1. The summed E-state index contributed by atoms with van der Waals surface area (Å²) in [5.41, 5.74) is 1.35. The number of H-pyrrole nitrogens is 1. The fourth-order valence-corrected chi connectivity index (χ4v) is 1.66. The van der Waals surface area contributed by atoms with E-state index in [-0.39, 0.29) is 5.56 Å². The van der Waals surface area contributed by atoms with Crippen LogP contribution in [0.25, 0.3) is 10.9 Å². The Kier molecular flexibility index (Phi) is 2.04. The van der Waals surface area contributed by atoms with Gasteiger partial charge in [0, 0.05) is 0 Å². The Balaban J connectivity index is 3.03. The van der Waals surface area contributed by atoms with Gasteiger partial charge in [-0.3, -0.25) is 4.79 Å². The highest BCUT2D eigenvalue weighted by Gasteiger charge is 2.07. The van der Waals surface area contributed by atoms with Crippen LogP contribution in [0.3, 0.4) is 0 Å². The van der Waals surface area contributed by atoms with Crippen LogP contribution in [0, 0.1) is 13.8 Å². The van der Waals surface area contributed by atoms with Crippen LogP contribution < -0.4 is 5.56 Å². The Bertz CT molecular complexity index is 560. The second kappa shape index (κ2) is 3.10. The highest BCUT2D eigenvalue weighted by Crippen LogP contribution is 2.22. The van der Waals surface area contributed by atoms with Gasteiger partial charge in [-0.25, -0.2) is 4.98 Å². The molecule has 0 unspecified atom stereocenters. The van der Waals surface area contributed by atoms with E-state index in [9.17, 15) is 4.79 Å². The average Bonchev–Trinajstić information content (AvgIpc) is 2.10. The monoisotopic (exact) mass is 208 g/mol. The fourth-order valence-electron chi connectivity index (χ4n) is 1.41. The molecular weight excluding hydrogens is 200 g/mol. The van der Waals surface area contributed by atoms with Gasteiger partial charge in [0.25, 0.3) is 5.56 Å². The van der Waals surface area contributed by atoms with Crippen molar-refractivity contribution >= 4 is 22.5 Å². The number of aryl methyl sites for hydroxylation is 2. The zero-order valence-corrected chi connectivity index (χ0v) is 8.64. The highest BCUT2D eigenvalue weighted by atomic mass is 35.5. The molecule has 72 valence electrons. The number of halogens is 1. The molecule has 0 saturated heterocycles. The standard InChI is InChI=1S/C10H9ClN2O/c1-5-3-4-7-8(9(5)11)10(14)13-6(2)12-7/h3-4H,1-2H3,(H,12,13,14). The predicted octanol–water partition coefficient (Wildman–Crippen LogP) is 2.19. The van der Waals surface area contributed by atoms with E-state index in [0.29, 0.717) is 21.7 Å². The molecule has 0 atom stereocenters. The summed E-state index contributed by atoms with van der Waals surface area (Å²) in [7, 11) is 0. The first-order chi connectivity index (χ1) is 6.59. The third-order valence-corrected chi connectivity index (χ3v) is 2.61. The Morgan fingerprint density at radius 1 is 1.36 bits per heavy atom. The van der Waals surface area contributed by atoms with Gasteiger partial charge in [-0.1, -0.05) is 17.7 Å². The van der Waals surface area contributed by atoms with E-state index < -0.39 is 0 Å². The van der Waals surface area contributed by atoms with Crippen molar-refractivity contribution in [2.45, 2.75) is 13.8 Å². The smallest absolute Gasteiger partial charge is 0.260 e. The van der Waals surface area contributed by atoms with E-state index >= 15 is 0 Å². The first-order valence-corrected chi connectivity index (χ1v) is 4.63. The number of aromatic amines is 1. The number of nitrogens with one attached hydrogen (secondary N) is 1. The van der Waals surface area contributed by atoms with Gasteiger partial charge in [-0.2, -0.15) is 0 Å². The van der Waals surface area contributed by atoms with Gasteiger partial charge >= 0.3 is 0 Å². The molecule has 14 heavy (non-hydrogen) atoms. The Hall–Kier alpha value is -1.35. The van der Waals surface area contributed by atoms with Gasteiger partial charge in [-0.15, -0.1) is 0 Å². The Morgan fingerprint density at radius 2 is 2.07 bits per heavy atom. The van der Waals surface area contributed by atoms with Crippen LogP contribution in [-0.2, 0) is 0 Å². The quantitative estimate of drug-likeness (QED) is 0.722. The molecule has 4 heteroatoms. The lowest BCUT2D eigenvalue weighted by molar-refractivity contribution is 1.06. The van der Waals surface area contributed by atoms with Crippen molar-refractivity contribution in [2.75, 3.05) is 0 Å². The number of rotatable bonds is 0. The highest BCUT2D eigenvalue weighted by molar-refractivity contribution is 6.36. The lowest BCUT2D eigenvalue weighted by Gasteiger charge is -2.02. The number of benzene rings is 1. The summed E-state index contributed by atoms with van der Waals surface area (Å²) in [6.07, 6.45) is 0. The summed E-state index contributed by atoms with van der Waals surface area (Å²) in [6, 6.07) is 3.66. The molecule has 0 saturated carbocycles. The van der Waals surface area contributed by atoms with Gasteiger partial charge in [0.2, 0.25) is 0 Å². The van der Waals surface area contributed by atoms with Crippen LogP contribution >= 0.6 is 11.6 Å². The molecule has 0 spiro atoms. The summed E-state index contributed by atoms with van der Waals surface area (Å²) in [5.74, 6) is 0.599. The molecule has 0 bridgehead atoms. The molecule has 1 aromatic carbocycles. The summed E-state index contributed by atoms with van der Waals surface area (Å²) in [4.78, 5) is 18.4. The molecule has 1 aromatic heterocycles. The summed E-state index contributed by atoms with van der Waals surface area (Å²) < 4.78 is 0. The molecule has 0 amide bonds. The Labute approximate surface area is 85.7 Å². The average molecular weight is 209 g/mol. The first-order valence-electron chi connectivity index (χ1n) is 4.25. The molecular formula is C10H9ClN2O. The molecule has 2 aromatic rings. The second-order valence-corrected chi connectivity index (χ2v) is 3.62. The lowest BCUT2D eigenvalue weighted by atomic mass is 10.1. The molecule has 0 aliphatic carbocycles. The number of hydrogen-bond donors (Lipinski definition) is 1. The largest absolute Gasteiger partial charge is 0.310 e. The van der Waals surface area contributed by atoms with Crippen molar-refractivity contribution in [1.82, 2.24) is 9.97 Å². The van der Waals surface area contributed by atoms with Crippen molar-refractivity contribution in [3.8, 4) is 0 Å². The topological polar surface area (TPSA) is 45.8 Å². The second-order valence-electron chi connectivity index (χ2n) is 3.24. The zero-order chi connectivity index (χ0) is 10.3. The summed E-state index contributed by atoms with van der Waals surface area (Å²) in [5, 5.41) is 0.952. The van der Waals surface area contributed by atoms with Crippen LogP contribution in [-0.4, -0.2) is 9.97 Å². The molecule has 1 N–H and O–H groups in total. The van der Waals surface area contributed by atoms with Crippen LogP contribution in [0.4, 0.5) is 0 Å². The molecule has 1 heterocycles. The molecule has 0 aliphatic heterocycles. The van der Waals surface area contributed by atoms with Crippen LogP contribution in [0.15, 0.2) is 16.9 Å². The van der Waals surface area contributed by atoms with Gasteiger partial charge in [-0.05, 0) is 25.5 Å². The summed E-state index contributed by atoms with van der Waals surface area (Å²) in [6.45, 7) is 3.61. The van der Waals surface area contributed by atoms with Gasteiger partial charge in [0.05, 0.1) is 15.9 Å². The molecule has 0 aliphatic rings. The van der Waals surface area contributed by atoms with Crippen LogP contribution in [0.1, 0.15) is 11.4 Å². The third-order valence-electron chi connectivity index (χ3n) is 2.12. The van der Waals surface area contributed by atoms with E-state index in [4.69, 9.17) is 11.6 Å². The molecule has 2 rings (SSSR count). The minimum Gasteiger partial charge on any atom is -0.310 e. The Morgan fingerprint density at radius 3 is 2.79 bits per heavy atom. The number of aromatic nitrogens is 2. The van der Waals surface area contributed by atoms with E-state index in [1.54, 1.807) is 13.0 Å². The maximum absolute atomic E-state index is 11.6. The van der Waals surface area contributed by atoms with Gasteiger partial charge in [0.1, 0.15) is 5.82 Å². The maximum Gasteiger partial charge on any atom is 0.260 e. The SMILES string of the molecule is Cc1nc2ccc(C)c(Cl)c2c(=O)[nH]1. The van der Waals surface area contributed by atoms with E-state index in [1.165, 1.54) is 0 Å². The fraction of sp³-hybridized carbons (Fsp3) is 0.200. The van der Waals surface area contributed by atoms with E-state index in [0.717, 1.165) is 5.56 Å². The van der Waals surface area contributed by atoms with Crippen molar-refractivity contribution < 1.29 is 0 Å². The van der Waals surface area contributed by atoms with Crippen molar-refractivity contribution in [1.29, 1.82) is 0 Å². The van der Waals surface area contributed by atoms with Crippen LogP contribution in [0.5, 0.6) is 0 Å². The molecule has 0 radical (unpaired) electrons. The van der Waals surface area contributed by atoms with E-state index in [2.05, 4.69) is 9.97 Å².